The van der Waals surface area contributed by atoms with E-state index in [1.54, 1.807) is 12.4 Å². The van der Waals surface area contributed by atoms with Gasteiger partial charge in [0, 0.05) is 24.7 Å². The molecular formula is C12H20N3O2+. The molecule has 0 atom stereocenters. The van der Waals surface area contributed by atoms with Gasteiger partial charge in [0.15, 0.2) is 0 Å². The molecule has 0 saturated heterocycles. The minimum Gasteiger partial charge on any atom is -0.478 e. The van der Waals surface area contributed by atoms with Crippen molar-refractivity contribution in [2.45, 2.75) is 32.7 Å². The molecule has 4 N–H and O–H groups in total. The van der Waals surface area contributed by atoms with Crippen molar-refractivity contribution >= 4 is 12.0 Å². The van der Waals surface area contributed by atoms with E-state index in [0.717, 1.165) is 25.9 Å². The zero-order valence-electron chi connectivity index (χ0n) is 10.2. The second-order valence-corrected chi connectivity index (χ2v) is 3.97. The molecule has 0 saturated carbocycles. The van der Waals surface area contributed by atoms with Gasteiger partial charge >= 0.3 is 5.97 Å². The number of rotatable bonds is 7. The Kier molecular flexibility index (Phi) is 5.42. The minimum absolute atomic E-state index is 0.399. The molecule has 0 aliphatic carbocycles. The van der Waals surface area contributed by atoms with Gasteiger partial charge < -0.3 is 15.4 Å². The van der Waals surface area contributed by atoms with Crippen LogP contribution in [-0.4, -0.2) is 27.2 Å². The van der Waals surface area contributed by atoms with Gasteiger partial charge in [-0.05, 0) is 18.9 Å². The molecule has 0 aromatic carbocycles. The minimum atomic E-state index is -0.872. The first-order valence-electron chi connectivity index (χ1n) is 5.92. The van der Waals surface area contributed by atoms with Crippen LogP contribution in [0.3, 0.4) is 0 Å². The highest BCUT2D eigenvalue weighted by Crippen LogP contribution is 2.10. The van der Waals surface area contributed by atoms with Crippen LogP contribution in [0, 0.1) is 0 Å². The SMILES string of the molecule is CCCn1cnc(/C=C(\CCC[NH3+])C(=O)O)c1. The largest absolute Gasteiger partial charge is 0.478 e. The summed E-state index contributed by atoms with van der Waals surface area (Å²) in [7, 11) is 0. The van der Waals surface area contributed by atoms with Crippen LogP contribution in [0.2, 0.25) is 0 Å². The van der Waals surface area contributed by atoms with Gasteiger partial charge in [0.25, 0.3) is 0 Å². The summed E-state index contributed by atoms with van der Waals surface area (Å²) in [6.07, 6.45) is 7.61. The number of quaternary nitrogens is 1. The molecule has 0 amide bonds. The molecule has 94 valence electrons. The maximum absolute atomic E-state index is 11.0. The molecule has 5 nitrogen and oxygen atoms in total. The topological polar surface area (TPSA) is 82.8 Å². The summed E-state index contributed by atoms with van der Waals surface area (Å²) in [6, 6.07) is 0. The quantitative estimate of drug-likeness (QED) is 0.689. The number of hydrogen-bond acceptors (Lipinski definition) is 2. The third-order valence-corrected chi connectivity index (χ3v) is 2.43. The molecule has 0 aliphatic heterocycles. The number of aromatic nitrogens is 2. The van der Waals surface area contributed by atoms with Crippen LogP contribution in [0.4, 0.5) is 0 Å². The Bertz CT molecular complexity index is 396. The predicted molar refractivity (Wildman–Crippen MR) is 65.1 cm³/mol. The molecule has 0 radical (unpaired) electrons. The van der Waals surface area contributed by atoms with Gasteiger partial charge in [-0.3, -0.25) is 0 Å². The summed E-state index contributed by atoms with van der Waals surface area (Å²) in [6.45, 7) is 3.74. The Morgan fingerprint density at radius 1 is 1.65 bits per heavy atom. The fraction of sp³-hybridized carbons (Fsp3) is 0.500. The smallest absolute Gasteiger partial charge is 0.331 e. The van der Waals surface area contributed by atoms with Crippen LogP contribution in [0.25, 0.3) is 6.08 Å². The summed E-state index contributed by atoms with van der Waals surface area (Å²) < 4.78 is 1.96. The first kappa shape index (κ1) is 13.4. The molecule has 5 heteroatoms. The lowest BCUT2D eigenvalue weighted by Gasteiger charge is -1.99. The lowest BCUT2D eigenvalue weighted by atomic mass is 10.1. The maximum atomic E-state index is 11.0. The van der Waals surface area contributed by atoms with E-state index in [1.807, 2.05) is 10.8 Å². The molecule has 0 fully saturated rings. The highest BCUT2D eigenvalue weighted by Gasteiger charge is 2.08. The van der Waals surface area contributed by atoms with Crippen LogP contribution in [0.5, 0.6) is 0 Å². The van der Waals surface area contributed by atoms with Crippen LogP contribution in [-0.2, 0) is 11.3 Å². The molecule has 0 bridgehead atoms. The van der Waals surface area contributed by atoms with Gasteiger partial charge in [0.05, 0.1) is 18.6 Å². The fourth-order valence-electron chi connectivity index (χ4n) is 1.57. The molecule has 1 rings (SSSR count). The number of aryl methyl sites for hydroxylation is 1. The van der Waals surface area contributed by atoms with Gasteiger partial charge in [-0.15, -0.1) is 0 Å². The van der Waals surface area contributed by atoms with Crippen molar-refractivity contribution in [3.8, 4) is 0 Å². The average Bonchev–Trinajstić information content (AvgIpc) is 2.72. The highest BCUT2D eigenvalue weighted by atomic mass is 16.4. The van der Waals surface area contributed by atoms with Gasteiger partial charge in [-0.2, -0.15) is 0 Å². The van der Waals surface area contributed by atoms with E-state index >= 15 is 0 Å². The molecule has 0 spiro atoms. The lowest BCUT2D eigenvalue weighted by Crippen LogP contribution is -2.50. The zero-order valence-corrected chi connectivity index (χ0v) is 10.2. The van der Waals surface area contributed by atoms with E-state index in [-0.39, 0.29) is 0 Å². The van der Waals surface area contributed by atoms with Crippen molar-refractivity contribution in [2.24, 2.45) is 0 Å². The number of carboxylic acid groups (broad SMARTS) is 1. The van der Waals surface area contributed by atoms with Crippen LogP contribution >= 0.6 is 0 Å². The van der Waals surface area contributed by atoms with E-state index in [2.05, 4.69) is 17.6 Å². The maximum Gasteiger partial charge on any atom is 0.331 e. The first-order valence-corrected chi connectivity index (χ1v) is 5.92. The van der Waals surface area contributed by atoms with Crippen LogP contribution in [0.15, 0.2) is 18.1 Å². The number of carboxylic acids is 1. The van der Waals surface area contributed by atoms with E-state index in [1.165, 1.54) is 0 Å². The highest BCUT2D eigenvalue weighted by molar-refractivity contribution is 5.91. The van der Waals surface area contributed by atoms with Crippen molar-refractivity contribution < 1.29 is 15.6 Å². The second kappa shape index (κ2) is 6.85. The molecule has 17 heavy (non-hydrogen) atoms. The summed E-state index contributed by atoms with van der Waals surface area (Å²) in [5, 5.41) is 9.05. The Labute approximate surface area is 101 Å². The third-order valence-electron chi connectivity index (χ3n) is 2.43. The number of hydrogen-bond donors (Lipinski definition) is 2. The number of aliphatic carboxylic acids is 1. The third kappa shape index (κ3) is 4.40. The molecule has 0 unspecified atom stereocenters. The predicted octanol–water partition coefficient (Wildman–Crippen LogP) is 0.783. The summed E-state index contributed by atoms with van der Waals surface area (Å²) in [5.41, 5.74) is 4.82. The lowest BCUT2D eigenvalue weighted by molar-refractivity contribution is -0.368. The monoisotopic (exact) mass is 238 g/mol. The first-order chi connectivity index (χ1) is 8.17. The molecular weight excluding hydrogens is 218 g/mol. The van der Waals surface area contributed by atoms with E-state index in [0.29, 0.717) is 17.7 Å². The number of nitrogens with zero attached hydrogens (tertiary/aromatic N) is 2. The van der Waals surface area contributed by atoms with Gasteiger partial charge in [0.2, 0.25) is 0 Å². The van der Waals surface area contributed by atoms with E-state index in [4.69, 9.17) is 5.11 Å². The number of imidazole rings is 1. The average molecular weight is 238 g/mol. The van der Waals surface area contributed by atoms with Crippen molar-refractivity contribution in [2.75, 3.05) is 6.54 Å². The van der Waals surface area contributed by atoms with Crippen LogP contribution in [0.1, 0.15) is 31.9 Å². The molecule has 1 aromatic heterocycles. The summed E-state index contributed by atoms with van der Waals surface area (Å²) >= 11 is 0. The standard InChI is InChI=1S/C12H19N3O2/c1-2-6-15-8-11(14-9-15)7-10(12(16)17)4-3-5-13/h7-9H,2-6,13H2,1H3,(H,16,17)/p+1/b10-7+. The Morgan fingerprint density at radius 2 is 2.41 bits per heavy atom. The number of carbonyl (C=O) groups is 1. The summed E-state index contributed by atoms with van der Waals surface area (Å²) in [4.78, 5) is 15.2. The Hall–Kier alpha value is -1.62. The van der Waals surface area contributed by atoms with Crippen molar-refractivity contribution in [1.29, 1.82) is 0 Å². The fourth-order valence-corrected chi connectivity index (χ4v) is 1.57. The van der Waals surface area contributed by atoms with E-state index in [9.17, 15) is 4.79 Å². The molecule has 1 heterocycles. The Balaban J connectivity index is 2.76. The van der Waals surface area contributed by atoms with Gasteiger partial charge in [-0.25, -0.2) is 9.78 Å². The Morgan fingerprint density at radius 3 is 3.00 bits per heavy atom. The van der Waals surface area contributed by atoms with Crippen molar-refractivity contribution in [3.63, 3.8) is 0 Å². The molecule has 0 aliphatic rings. The normalized spacial score (nSPS) is 11.8. The van der Waals surface area contributed by atoms with Crippen molar-refractivity contribution in [3.05, 3.63) is 23.8 Å². The summed E-state index contributed by atoms with van der Waals surface area (Å²) in [5.74, 6) is -0.872. The van der Waals surface area contributed by atoms with Crippen LogP contribution < -0.4 is 5.73 Å². The molecule has 1 aromatic rings. The second-order valence-electron chi connectivity index (χ2n) is 3.97. The van der Waals surface area contributed by atoms with Gasteiger partial charge in [-0.1, -0.05) is 6.92 Å². The zero-order chi connectivity index (χ0) is 12.7. The van der Waals surface area contributed by atoms with Gasteiger partial charge in [0.1, 0.15) is 0 Å². The van der Waals surface area contributed by atoms with Crippen molar-refractivity contribution in [1.82, 2.24) is 9.55 Å². The van der Waals surface area contributed by atoms with E-state index < -0.39 is 5.97 Å².